The summed E-state index contributed by atoms with van der Waals surface area (Å²) in [6.45, 7) is -0.298. The Hall–Kier alpha value is -2.42. The molecule has 2 aromatic carbocycles. The van der Waals surface area contributed by atoms with Gasteiger partial charge < -0.3 is 10.1 Å². The molecule has 29 heavy (non-hydrogen) atoms. The summed E-state index contributed by atoms with van der Waals surface area (Å²) in [6.07, 6.45) is 0. The normalized spacial score (nSPS) is 15.2. The standard InChI is InChI=1S/C19H14Cl2FN3O3S/c20-11-1-6-17(15(21)7-11)28-8-18(26)23-19-14-9-29(27)10-16(14)24-25(19)13-4-2-12(22)3-5-13/h1-7H,8-10H2,(H,23,26)/t29-/m1/s1. The Labute approximate surface area is 178 Å². The van der Waals surface area contributed by atoms with Crippen LogP contribution in [0.5, 0.6) is 5.75 Å². The van der Waals surface area contributed by atoms with Crippen LogP contribution in [0.1, 0.15) is 11.3 Å². The van der Waals surface area contributed by atoms with Gasteiger partial charge in [0.15, 0.2) is 6.61 Å². The summed E-state index contributed by atoms with van der Waals surface area (Å²) in [6, 6.07) is 10.4. The lowest BCUT2D eigenvalue weighted by Crippen LogP contribution is -2.22. The third-order valence-corrected chi connectivity index (χ3v) is 5.99. The number of aromatic nitrogens is 2. The fourth-order valence-electron chi connectivity index (χ4n) is 2.93. The van der Waals surface area contributed by atoms with E-state index >= 15 is 0 Å². The van der Waals surface area contributed by atoms with Gasteiger partial charge >= 0.3 is 0 Å². The first kappa shape index (κ1) is 19.9. The Bertz CT molecular complexity index is 1120. The fourth-order valence-corrected chi connectivity index (χ4v) is 4.66. The zero-order valence-electron chi connectivity index (χ0n) is 14.8. The number of amides is 1. The molecule has 0 aliphatic carbocycles. The number of carbonyl (C=O) groups is 1. The summed E-state index contributed by atoms with van der Waals surface area (Å²) in [5.74, 6) is 0.491. The Morgan fingerprint density at radius 2 is 1.97 bits per heavy atom. The fraction of sp³-hybridized carbons (Fsp3) is 0.158. The van der Waals surface area contributed by atoms with Gasteiger partial charge in [-0.2, -0.15) is 5.10 Å². The minimum absolute atomic E-state index is 0.288. The van der Waals surface area contributed by atoms with Crippen LogP contribution in [0.2, 0.25) is 10.0 Å². The molecule has 0 saturated heterocycles. The topological polar surface area (TPSA) is 73.2 Å². The molecule has 0 fully saturated rings. The zero-order valence-corrected chi connectivity index (χ0v) is 17.2. The summed E-state index contributed by atoms with van der Waals surface area (Å²) < 4.78 is 32.2. The molecule has 0 spiro atoms. The van der Waals surface area contributed by atoms with Gasteiger partial charge in [-0.3, -0.25) is 9.00 Å². The lowest BCUT2D eigenvalue weighted by molar-refractivity contribution is -0.118. The molecule has 2 heterocycles. The predicted molar refractivity (Wildman–Crippen MR) is 110 cm³/mol. The lowest BCUT2D eigenvalue weighted by atomic mass is 10.2. The van der Waals surface area contributed by atoms with Gasteiger partial charge in [0, 0.05) is 21.4 Å². The quantitative estimate of drug-likeness (QED) is 0.630. The Morgan fingerprint density at radius 1 is 1.21 bits per heavy atom. The smallest absolute Gasteiger partial charge is 0.263 e. The maximum atomic E-state index is 13.3. The van der Waals surface area contributed by atoms with Crippen LogP contribution in [0.3, 0.4) is 0 Å². The van der Waals surface area contributed by atoms with Crippen molar-refractivity contribution in [3.63, 3.8) is 0 Å². The van der Waals surface area contributed by atoms with Crippen LogP contribution in [0, 0.1) is 5.82 Å². The number of anilines is 1. The van der Waals surface area contributed by atoms with E-state index in [1.807, 2.05) is 0 Å². The highest BCUT2D eigenvalue weighted by molar-refractivity contribution is 7.83. The van der Waals surface area contributed by atoms with Gasteiger partial charge in [0.1, 0.15) is 17.4 Å². The van der Waals surface area contributed by atoms with Crippen LogP contribution in [-0.4, -0.2) is 26.5 Å². The Balaban J connectivity index is 1.56. The number of fused-ring (bicyclic) bond motifs is 1. The second kappa shape index (κ2) is 8.14. The second-order valence-electron chi connectivity index (χ2n) is 6.30. The summed E-state index contributed by atoms with van der Waals surface area (Å²) >= 11 is 11.9. The highest BCUT2D eigenvalue weighted by Crippen LogP contribution is 2.32. The van der Waals surface area contributed by atoms with Gasteiger partial charge in [-0.05, 0) is 42.5 Å². The third kappa shape index (κ3) is 4.29. The van der Waals surface area contributed by atoms with Crippen molar-refractivity contribution in [2.45, 2.75) is 11.5 Å². The molecule has 10 heteroatoms. The van der Waals surface area contributed by atoms with Crippen LogP contribution < -0.4 is 10.1 Å². The third-order valence-electron chi connectivity index (χ3n) is 4.25. The summed E-state index contributed by atoms with van der Waals surface area (Å²) in [4.78, 5) is 12.5. The summed E-state index contributed by atoms with van der Waals surface area (Å²) in [5.41, 5.74) is 1.92. The van der Waals surface area contributed by atoms with Crippen molar-refractivity contribution >= 4 is 45.7 Å². The minimum atomic E-state index is -1.07. The van der Waals surface area contributed by atoms with E-state index in [0.29, 0.717) is 39.3 Å². The number of benzene rings is 2. The number of hydrogen-bond acceptors (Lipinski definition) is 4. The molecule has 1 amide bonds. The maximum Gasteiger partial charge on any atom is 0.263 e. The number of halogens is 3. The van der Waals surface area contributed by atoms with Gasteiger partial charge in [-0.1, -0.05) is 23.2 Å². The number of hydrogen-bond donors (Lipinski definition) is 1. The summed E-state index contributed by atoms with van der Waals surface area (Å²) in [7, 11) is -1.07. The molecule has 3 aromatic rings. The molecule has 6 nitrogen and oxygen atoms in total. The van der Waals surface area contributed by atoms with Gasteiger partial charge in [0.25, 0.3) is 5.91 Å². The van der Waals surface area contributed by atoms with Gasteiger partial charge in [0.05, 0.1) is 27.9 Å². The van der Waals surface area contributed by atoms with Crippen LogP contribution in [0.4, 0.5) is 10.2 Å². The van der Waals surface area contributed by atoms with E-state index in [4.69, 9.17) is 27.9 Å². The molecular formula is C19H14Cl2FN3O3S. The van der Waals surface area contributed by atoms with E-state index < -0.39 is 16.7 Å². The first-order valence-electron chi connectivity index (χ1n) is 8.50. The van der Waals surface area contributed by atoms with E-state index in [9.17, 15) is 13.4 Å². The first-order chi connectivity index (χ1) is 13.9. The predicted octanol–water partition coefficient (Wildman–Crippen LogP) is 4.10. The number of nitrogens with zero attached hydrogens (tertiary/aromatic N) is 2. The minimum Gasteiger partial charge on any atom is -0.482 e. The van der Waals surface area contributed by atoms with E-state index in [1.165, 1.54) is 22.9 Å². The molecule has 1 aliphatic rings. The van der Waals surface area contributed by atoms with E-state index in [0.717, 1.165) is 0 Å². The molecule has 1 aromatic heterocycles. The largest absolute Gasteiger partial charge is 0.482 e. The Kier molecular flexibility index (Phi) is 5.58. The van der Waals surface area contributed by atoms with Crippen molar-refractivity contribution in [2.75, 3.05) is 11.9 Å². The van der Waals surface area contributed by atoms with Crippen LogP contribution in [0.15, 0.2) is 42.5 Å². The lowest BCUT2D eigenvalue weighted by Gasteiger charge is -2.12. The van der Waals surface area contributed by atoms with Crippen molar-refractivity contribution in [3.05, 3.63) is 69.6 Å². The first-order valence-corrected chi connectivity index (χ1v) is 10.7. The highest BCUT2D eigenvalue weighted by atomic mass is 35.5. The number of rotatable bonds is 5. The SMILES string of the molecule is O=C(COc1ccc(Cl)cc1Cl)Nc1c2c(nn1-c1ccc(F)cc1)C[S@](=O)C2. The molecule has 1 aliphatic heterocycles. The average Bonchev–Trinajstić information content (AvgIpc) is 3.19. The molecule has 0 unspecified atom stereocenters. The molecule has 150 valence electrons. The van der Waals surface area contributed by atoms with Crippen LogP contribution in [-0.2, 0) is 27.1 Å². The maximum absolute atomic E-state index is 13.3. The van der Waals surface area contributed by atoms with Gasteiger partial charge in [-0.25, -0.2) is 9.07 Å². The average molecular weight is 454 g/mol. The molecule has 1 N–H and O–H groups in total. The zero-order chi connectivity index (χ0) is 20.5. The van der Waals surface area contributed by atoms with Crippen molar-refractivity contribution in [2.24, 2.45) is 0 Å². The molecule has 0 bridgehead atoms. The molecule has 1 atom stereocenters. The number of ether oxygens (including phenoxy) is 1. The number of nitrogens with one attached hydrogen (secondary N) is 1. The number of carbonyl (C=O) groups excluding carboxylic acids is 1. The van der Waals surface area contributed by atoms with Gasteiger partial charge in [-0.15, -0.1) is 0 Å². The van der Waals surface area contributed by atoms with E-state index in [2.05, 4.69) is 10.4 Å². The monoisotopic (exact) mass is 453 g/mol. The second-order valence-corrected chi connectivity index (χ2v) is 8.60. The molecule has 0 radical (unpaired) electrons. The van der Waals surface area contributed by atoms with Crippen molar-refractivity contribution in [3.8, 4) is 11.4 Å². The molecular weight excluding hydrogens is 440 g/mol. The highest BCUT2D eigenvalue weighted by Gasteiger charge is 2.28. The Morgan fingerprint density at radius 3 is 2.69 bits per heavy atom. The van der Waals surface area contributed by atoms with Crippen molar-refractivity contribution in [1.82, 2.24) is 9.78 Å². The molecule has 4 rings (SSSR count). The van der Waals surface area contributed by atoms with Crippen molar-refractivity contribution in [1.29, 1.82) is 0 Å². The van der Waals surface area contributed by atoms with Crippen LogP contribution >= 0.6 is 23.2 Å². The van der Waals surface area contributed by atoms with Gasteiger partial charge in [0.2, 0.25) is 0 Å². The molecule has 0 saturated carbocycles. The van der Waals surface area contributed by atoms with Crippen LogP contribution in [0.25, 0.3) is 5.69 Å². The van der Waals surface area contributed by atoms with E-state index in [1.54, 1.807) is 24.3 Å². The summed E-state index contributed by atoms with van der Waals surface area (Å²) in [5, 5.41) is 7.96. The van der Waals surface area contributed by atoms with E-state index in [-0.39, 0.29) is 23.2 Å². The van der Waals surface area contributed by atoms with Crippen molar-refractivity contribution < 1.29 is 18.1 Å².